The van der Waals surface area contributed by atoms with Crippen molar-refractivity contribution < 1.29 is 33.1 Å². The van der Waals surface area contributed by atoms with Crippen molar-refractivity contribution in [1.82, 2.24) is 10.3 Å². The third-order valence-electron chi connectivity index (χ3n) is 8.40. The summed E-state index contributed by atoms with van der Waals surface area (Å²) in [6.07, 6.45) is 1.51. The summed E-state index contributed by atoms with van der Waals surface area (Å²) in [7, 11) is 2.99. The Labute approximate surface area is 308 Å². The van der Waals surface area contributed by atoms with E-state index in [1.165, 1.54) is 37.0 Å². The number of methoxy groups -OCH3 is 2. The van der Waals surface area contributed by atoms with Gasteiger partial charge in [-0.3, -0.25) is 19.2 Å². The van der Waals surface area contributed by atoms with Crippen molar-refractivity contribution in [2.45, 2.75) is 16.6 Å². The van der Waals surface area contributed by atoms with E-state index in [2.05, 4.69) is 15.6 Å². The van der Waals surface area contributed by atoms with Crippen molar-refractivity contribution in [2.24, 2.45) is 0 Å². The van der Waals surface area contributed by atoms with Crippen LogP contribution in [0.4, 0.5) is 11.4 Å². The molecule has 0 radical (unpaired) electrons. The van der Waals surface area contributed by atoms with Crippen molar-refractivity contribution in [1.29, 1.82) is 0 Å². The van der Waals surface area contributed by atoms with Crippen LogP contribution in [0.1, 0.15) is 22.3 Å². The molecule has 6 aromatic rings. The number of carbonyl (C=O) groups excluding carboxylic acids is 4. The van der Waals surface area contributed by atoms with Gasteiger partial charge in [0.2, 0.25) is 17.7 Å². The Hall–Kier alpha value is -6.66. The van der Waals surface area contributed by atoms with E-state index in [-0.39, 0.29) is 23.9 Å². The van der Waals surface area contributed by atoms with Crippen LogP contribution < -0.4 is 25.0 Å². The highest BCUT2D eigenvalue weighted by Gasteiger charge is 2.40. The Bertz CT molecular complexity index is 2340. The van der Waals surface area contributed by atoms with Crippen LogP contribution in [-0.2, 0) is 14.4 Å². The minimum atomic E-state index is -0.675. The summed E-state index contributed by atoms with van der Waals surface area (Å²) in [6, 6.07) is 35.1. The third kappa shape index (κ3) is 7.53. The molecule has 1 aromatic heterocycles. The first-order valence-corrected chi connectivity index (χ1v) is 17.4. The number of oxazole rings is 1. The maximum absolute atomic E-state index is 13.8. The van der Waals surface area contributed by atoms with Gasteiger partial charge in [-0.25, -0.2) is 9.88 Å². The zero-order valence-electron chi connectivity index (χ0n) is 28.6. The molecular formula is C41H32N4O7S. The number of ether oxygens (including phenoxy) is 2. The molecule has 4 amide bonds. The average Bonchev–Trinajstić information content (AvgIpc) is 3.74. The maximum Gasteiger partial charge on any atom is 0.272 e. The van der Waals surface area contributed by atoms with E-state index in [4.69, 9.17) is 13.9 Å². The lowest BCUT2D eigenvalue weighted by Gasteiger charge is -2.16. The second-order valence-corrected chi connectivity index (χ2v) is 13.1. The van der Waals surface area contributed by atoms with Crippen LogP contribution in [0.15, 0.2) is 136 Å². The molecule has 1 unspecified atom stereocenters. The van der Waals surface area contributed by atoms with E-state index in [1.54, 1.807) is 97.1 Å². The highest BCUT2D eigenvalue weighted by molar-refractivity contribution is 8.00. The fraction of sp³-hybridized carbons (Fsp3) is 0.0976. The average molecular weight is 725 g/mol. The number of thioether (sulfide) groups is 1. The molecule has 0 aliphatic carbocycles. The number of benzene rings is 5. The van der Waals surface area contributed by atoms with Crippen molar-refractivity contribution in [3.05, 3.63) is 138 Å². The molecule has 53 heavy (non-hydrogen) atoms. The highest BCUT2D eigenvalue weighted by atomic mass is 32.2. The van der Waals surface area contributed by atoms with Crippen LogP contribution in [-0.4, -0.2) is 48.1 Å². The third-order valence-corrected chi connectivity index (χ3v) is 9.58. The molecule has 7 rings (SSSR count). The lowest BCUT2D eigenvalue weighted by molar-refractivity contribution is -0.121. The maximum atomic E-state index is 13.8. The smallest absolute Gasteiger partial charge is 0.272 e. The van der Waals surface area contributed by atoms with Gasteiger partial charge in [-0.2, -0.15) is 0 Å². The van der Waals surface area contributed by atoms with E-state index in [0.29, 0.717) is 55.9 Å². The quantitative estimate of drug-likeness (QED) is 0.104. The van der Waals surface area contributed by atoms with Crippen molar-refractivity contribution in [3.63, 3.8) is 0 Å². The molecule has 5 aromatic carbocycles. The Morgan fingerprint density at radius 3 is 2.38 bits per heavy atom. The standard InChI is InChI=1S/C41H32N4O7S/c1-50-34-17-8-12-27(37(34)51-2)22-32(43-38(47)25-10-4-3-5-11-25)39(48)42-28-13-9-14-30(23-28)53-35-24-36(46)45(41(35)49)29-20-18-26(19-21-29)40-44-31-15-6-7-16-33(31)52-40/h3-23,35H,24H2,1-2H3,(H,42,48)(H,43,47)/b32-22-. The van der Waals surface area contributed by atoms with Crippen molar-refractivity contribution in [2.75, 3.05) is 24.4 Å². The molecule has 2 N–H and O–H groups in total. The molecule has 1 aliphatic heterocycles. The van der Waals surface area contributed by atoms with E-state index in [1.807, 2.05) is 24.3 Å². The number of amides is 4. The number of carbonyl (C=O) groups is 4. The van der Waals surface area contributed by atoms with Gasteiger partial charge < -0.3 is 24.5 Å². The first kappa shape index (κ1) is 34.8. The Kier molecular flexibility index (Phi) is 10.0. The first-order valence-electron chi connectivity index (χ1n) is 16.5. The van der Waals surface area contributed by atoms with Crippen LogP contribution in [0.2, 0.25) is 0 Å². The summed E-state index contributed by atoms with van der Waals surface area (Å²) >= 11 is 1.23. The molecule has 1 saturated heterocycles. The van der Waals surface area contributed by atoms with Gasteiger partial charge in [-0.05, 0) is 78.9 Å². The van der Waals surface area contributed by atoms with Gasteiger partial charge in [0.05, 0.1) is 25.2 Å². The minimum absolute atomic E-state index is 0.00768. The molecule has 0 bridgehead atoms. The lowest BCUT2D eigenvalue weighted by Crippen LogP contribution is -2.31. The van der Waals surface area contributed by atoms with Crippen LogP contribution >= 0.6 is 11.8 Å². The number of hydrogen-bond acceptors (Lipinski definition) is 9. The number of anilines is 2. The lowest BCUT2D eigenvalue weighted by atomic mass is 10.1. The largest absolute Gasteiger partial charge is 0.493 e. The van der Waals surface area contributed by atoms with E-state index < -0.39 is 17.1 Å². The van der Waals surface area contributed by atoms with Crippen LogP contribution in [0, 0.1) is 0 Å². The molecule has 11 nitrogen and oxygen atoms in total. The molecule has 264 valence electrons. The van der Waals surface area contributed by atoms with Crippen LogP contribution in [0.5, 0.6) is 11.5 Å². The van der Waals surface area contributed by atoms with Gasteiger partial charge in [0.25, 0.3) is 11.8 Å². The van der Waals surface area contributed by atoms with E-state index in [9.17, 15) is 19.2 Å². The first-order chi connectivity index (χ1) is 25.8. The number of nitrogens with zero attached hydrogens (tertiary/aromatic N) is 2. The predicted octanol–water partition coefficient (Wildman–Crippen LogP) is 7.35. The summed E-state index contributed by atoms with van der Waals surface area (Å²) in [5, 5.41) is 4.90. The molecule has 2 heterocycles. The Morgan fingerprint density at radius 1 is 0.868 bits per heavy atom. The number of nitrogens with one attached hydrogen (secondary N) is 2. The number of imide groups is 1. The van der Waals surface area contributed by atoms with Gasteiger partial charge in [-0.1, -0.05) is 48.5 Å². The second-order valence-electron chi connectivity index (χ2n) is 11.9. The van der Waals surface area contributed by atoms with Crippen LogP contribution in [0.25, 0.3) is 28.6 Å². The topological polar surface area (TPSA) is 140 Å². The molecule has 1 atom stereocenters. The molecular weight excluding hydrogens is 693 g/mol. The van der Waals surface area contributed by atoms with Crippen molar-refractivity contribution >= 4 is 63.9 Å². The van der Waals surface area contributed by atoms with Gasteiger partial charge in [0.15, 0.2) is 17.1 Å². The fourth-order valence-corrected chi connectivity index (χ4v) is 6.96. The highest BCUT2D eigenvalue weighted by Crippen LogP contribution is 2.36. The van der Waals surface area contributed by atoms with Gasteiger partial charge in [0, 0.05) is 33.7 Å². The van der Waals surface area contributed by atoms with Gasteiger partial charge in [0.1, 0.15) is 11.2 Å². The molecule has 0 spiro atoms. The predicted molar refractivity (Wildman–Crippen MR) is 203 cm³/mol. The zero-order valence-corrected chi connectivity index (χ0v) is 29.4. The number of aromatic nitrogens is 1. The summed E-state index contributed by atoms with van der Waals surface area (Å²) in [4.78, 5) is 60.0. The number of para-hydroxylation sites is 3. The zero-order chi connectivity index (χ0) is 36.9. The molecule has 0 saturated carbocycles. The summed E-state index contributed by atoms with van der Waals surface area (Å²) in [5.41, 5.74) is 3.82. The second kappa shape index (κ2) is 15.3. The van der Waals surface area contributed by atoms with Gasteiger partial charge in [-0.15, -0.1) is 11.8 Å². The monoisotopic (exact) mass is 724 g/mol. The van der Waals surface area contributed by atoms with Gasteiger partial charge >= 0.3 is 0 Å². The van der Waals surface area contributed by atoms with E-state index in [0.717, 1.165) is 5.52 Å². The minimum Gasteiger partial charge on any atom is -0.493 e. The number of rotatable bonds is 11. The Morgan fingerprint density at radius 2 is 1.62 bits per heavy atom. The fourth-order valence-electron chi connectivity index (χ4n) is 5.85. The summed E-state index contributed by atoms with van der Waals surface area (Å²) in [5.74, 6) is -0.451. The number of hydrogen-bond donors (Lipinski definition) is 2. The van der Waals surface area contributed by atoms with Crippen molar-refractivity contribution in [3.8, 4) is 23.0 Å². The normalized spacial score (nSPS) is 14.3. The molecule has 1 fully saturated rings. The summed E-state index contributed by atoms with van der Waals surface area (Å²) in [6.45, 7) is 0. The molecule has 1 aliphatic rings. The molecule has 12 heteroatoms. The van der Waals surface area contributed by atoms with Crippen LogP contribution in [0.3, 0.4) is 0 Å². The Balaban J connectivity index is 1.07. The number of fused-ring (bicyclic) bond motifs is 1. The SMILES string of the molecule is COc1cccc(/C=C(\NC(=O)c2ccccc2)C(=O)Nc2cccc(SC3CC(=O)N(c4ccc(-c5nc6ccccc6o5)cc4)C3=O)c2)c1OC. The van der Waals surface area contributed by atoms with E-state index >= 15 is 0 Å². The summed E-state index contributed by atoms with van der Waals surface area (Å²) < 4.78 is 16.8.